The van der Waals surface area contributed by atoms with Crippen LogP contribution in [0, 0.1) is 5.92 Å². The van der Waals surface area contributed by atoms with Gasteiger partial charge in [0.05, 0.1) is 6.61 Å². The third kappa shape index (κ3) is 5.56. The number of amides is 1. The van der Waals surface area contributed by atoms with Crippen molar-refractivity contribution in [1.29, 1.82) is 0 Å². The van der Waals surface area contributed by atoms with Crippen LogP contribution in [0.4, 0.5) is 0 Å². The van der Waals surface area contributed by atoms with Crippen LogP contribution < -0.4 is 5.48 Å². The Hall–Kier alpha value is -0.570. The second kappa shape index (κ2) is 5.23. The number of hydrogen-bond donors (Lipinski definition) is 1. The summed E-state index contributed by atoms with van der Waals surface area (Å²) in [7, 11) is 0. The molecule has 0 atom stereocenters. The molecule has 0 aromatic heterocycles. The molecule has 0 saturated carbocycles. The maximum Gasteiger partial charge on any atom is 0.243 e. The Bertz CT molecular complexity index is 102. The molecule has 0 rings (SSSR count). The van der Waals surface area contributed by atoms with E-state index in [-0.39, 0.29) is 5.91 Å². The topological polar surface area (TPSA) is 38.3 Å². The Kier molecular flexibility index (Phi) is 4.94. The fraction of sp³-hybridized carbons (Fsp3) is 0.857. The quantitative estimate of drug-likeness (QED) is 0.601. The van der Waals surface area contributed by atoms with Gasteiger partial charge in [-0.25, -0.2) is 5.48 Å². The molecule has 0 radical (unpaired) electrons. The van der Waals surface area contributed by atoms with Crippen molar-refractivity contribution in [2.75, 3.05) is 6.61 Å². The van der Waals surface area contributed by atoms with E-state index in [0.29, 0.717) is 18.9 Å². The van der Waals surface area contributed by atoms with Gasteiger partial charge in [-0.2, -0.15) is 0 Å². The van der Waals surface area contributed by atoms with Gasteiger partial charge in [0.25, 0.3) is 0 Å². The van der Waals surface area contributed by atoms with E-state index in [4.69, 9.17) is 4.84 Å². The van der Waals surface area contributed by atoms with Crippen LogP contribution in [-0.2, 0) is 9.63 Å². The minimum absolute atomic E-state index is 0.0446. The molecule has 0 aromatic rings. The molecule has 0 bridgehead atoms. The van der Waals surface area contributed by atoms with Gasteiger partial charge >= 0.3 is 0 Å². The van der Waals surface area contributed by atoms with Crippen LogP contribution in [0.2, 0.25) is 0 Å². The zero-order valence-electron chi connectivity index (χ0n) is 6.81. The van der Waals surface area contributed by atoms with E-state index in [0.717, 1.165) is 0 Å². The maximum absolute atomic E-state index is 10.8. The second-order valence-corrected chi connectivity index (χ2v) is 2.56. The molecule has 0 aliphatic carbocycles. The van der Waals surface area contributed by atoms with Gasteiger partial charge in [0.2, 0.25) is 5.91 Å². The first kappa shape index (κ1) is 9.43. The Morgan fingerprint density at radius 3 is 2.60 bits per heavy atom. The van der Waals surface area contributed by atoms with E-state index in [1.807, 2.05) is 20.8 Å². The molecule has 0 saturated heterocycles. The van der Waals surface area contributed by atoms with Gasteiger partial charge in [-0.05, 0) is 12.8 Å². The van der Waals surface area contributed by atoms with Crippen molar-refractivity contribution in [1.82, 2.24) is 5.48 Å². The molecule has 3 nitrogen and oxygen atoms in total. The fourth-order valence-corrected chi connectivity index (χ4v) is 0.565. The normalized spacial score (nSPS) is 10.0. The first-order valence-electron chi connectivity index (χ1n) is 3.57. The van der Waals surface area contributed by atoms with Gasteiger partial charge in [0.1, 0.15) is 0 Å². The summed E-state index contributed by atoms with van der Waals surface area (Å²) in [6, 6.07) is 0. The molecule has 10 heavy (non-hydrogen) atoms. The number of nitrogens with one attached hydrogen (secondary N) is 1. The van der Waals surface area contributed by atoms with E-state index in [1.165, 1.54) is 0 Å². The summed E-state index contributed by atoms with van der Waals surface area (Å²) in [6.45, 7) is 6.33. The Balaban J connectivity index is 3.26. The minimum Gasteiger partial charge on any atom is -0.274 e. The SMILES string of the molecule is CCONC(=O)CC(C)C. The first-order chi connectivity index (χ1) is 4.66. The van der Waals surface area contributed by atoms with Crippen molar-refractivity contribution in [2.24, 2.45) is 5.92 Å². The van der Waals surface area contributed by atoms with Gasteiger partial charge in [-0.3, -0.25) is 9.63 Å². The summed E-state index contributed by atoms with van der Waals surface area (Å²) in [6.07, 6.45) is 0.528. The molecule has 3 heteroatoms. The smallest absolute Gasteiger partial charge is 0.243 e. The summed E-state index contributed by atoms with van der Waals surface area (Å²) in [5.41, 5.74) is 2.32. The summed E-state index contributed by atoms with van der Waals surface area (Å²) < 4.78 is 0. The highest BCUT2D eigenvalue weighted by Gasteiger charge is 2.02. The highest BCUT2D eigenvalue weighted by atomic mass is 16.6. The Morgan fingerprint density at radius 1 is 1.60 bits per heavy atom. The molecule has 0 unspecified atom stereocenters. The van der Waals surface area contributed by atoms with Crippen LogP contribution in [0.25, 0.3) is 0 Å². The van der Waals surface area contributed by atoms with Gasteiger partial charge in [0.15, 0.2) is 0 Å². The van der Waals surface area contributed by atoms with Crippen molar-refractivity contribution in [3.63, 3.8) is 0 Å². The van der Waals surface area contributed by atoms with E-state index >= 15 is 0 Å². The van der Waals surface area contributed by atoms with Crippen molar-refractivity contribution in [3.05, 3.63) is 0 Å². The molecule has 0 aliphatic heterocycles. The van der Waals surface area contributed by atoms with E-state index < -0.39 is 0 Å². The molecular formula is C7H15NO2. The average molecular weight is 145 g/mol. The molecule has 60 valence electrons. The summed E-state index contributed by atoms with van der Waals surface area (Å²) in [5, 5.41) is 0. The van der Waals surface area contributed by atoms with Gasteiger partial charge in [0, 0.05) is 6.42 Å². The predicted molar refractivity (Wildman–Crippen MR) is 39.2 cm³/mol. The van der Waals surface area contributed by atoms with Gasteiger partial charge in [-0.1, -0.05) is 13.8 Å². The van der Waals surface area contributed by atoms with Crippen molar-refractivity contribution < 1.29 is 9.63 Å². The lowest BCUT2D eigenvalue weighted by atomic mass is 10.1. The number of hydroxylamine groups is 1. The average Bonchev–Trinajstić information content (AvgIpc) is 1.82. The van der Waals surface area contributed by atoms with Gasteiger partial charge < -0.3 is 0 Å². The molecular weight excluding hydrogens is 130 g/mol. The highest BCUT2D eigenvalue weighted by molar-refractivity contribution is 5.74. The predicted octanol–water partition coefficient (Wildman–Crippen LogP) is 1.10. The molecule has 0 spiro atoms. The van der Waals surface area contributed by atoms with Crippen LogP contribution in [-0.4, -0.2) is 12.5 Å². The lowest BCUT2D eigenvalue weighted by molar-refractivity contribution is -0.133. The lowest BCUT2D eigenvalue weighted by Gasteiger charge is -2.04. The molecule has 0 aliphatic rings. The fourth-order valence-electron chi connectivity index (χ4n) is 0.565. The van der Waals surface area contributed by atoms with Crippen LogP contribution in [0.1, 0.15) is 27.2 Å². The zero-order chi connectivity index (χ0) is 7.98. The van der Waals surface area contributed by atoms with Crippen LogP contribution in [0.15, 0.2) is 0 Å². The Morgan fingerprint density at radius 2 is 2.20 bits per heavy atom. The standard InChI is InChI=1S/C7H15NO2/c1-4-10-8-7(9)5-6(2)3/h6H,4-5H2,1-3H3,(H,8,9). The highest BCUT2D eigenvalue weighted by Crippen LogP contribution is 1.97. The number of carbonyl (C=O) groups is 1. The first-order valence-corrected chi connectivity index (χ1v) is 3.57. The largest absolute Gasteiger partial charge is 0.274 e. The number of hydrogen-bond acceptors (Lipinski definition) is 2. The van der Waals surface area contributed by atoms with Crippen LogP contribution >= 0.6 is 0 Å². The van der Waals surface area contributed by atoms with Crippen molar-refractivity contribution in [3.8, 4) is 0 Å². The van der Waals surface area contributed by atoms with Crippen molar-refractivity contribution >= 4 is 5.91 Å². The Labute approximate surface area is 61.7 Å². The van der Waals surface area contributed by atoms with E-state index in [9.17, 15) is 4.79 Å². The molecule has 0 aromatic carbocycles. The third-order valence-electron chi connectivity index (χ3n) is 0.924. The molecule has 1 amide bonds. The van der Waals surface area contributed by atoms with E-state index in [1.54, 1.807) is 0 Å². The summed E-state index contributed by atoms with van der Waals surface area (Å²) >= 11 is 0. The summed E-state index contributed by atoms with van der Waals surface area (Å²) in [4.78, 5) is 15.5. The minimum atomic E-state index is -0.0446. The second-order valence-electron chi connectivity index (χ2n) is 2.56. The van der Waals surface area contributed by atoms with E-state index in [2.05, 4.69) is 5.48 Å². The van der Waals surface area contributed by atoms with Gasteiger partial charge in [-0.15, -0.1) is 0 Å². The lowest BCUT2D eigenvalue weighted by Crippen LogP contribution is -2.24. The van der Waals surface area contributed by atoms with Crippen LogP contribution in [0.3, 0.4) is 0 Å². The monoisotopic (exact) mass is 145 g/mol. The number of rotatable bonds is 4. The molecule has 0 fully saturated rings. The maximum atomic E-state index is 10.8. The van der Waals surface area contributed by atoms with Crippen LogP contribution in [0.5, 0.6) is 0 Å². The zero-order valence-corrected chi connectivity index (χ0v) is 6.81. The van der Waals surface area contributed by atoms with Crippen molar-refractivity contribution in [2.45, 2.75) is 27.2 Å². The molecule has 0 heterocycles. The summed E-state index contributed by atoms with van der Waals surface area (Å²) in [5.74, 6) is 0.345. The molecule has 1 N–H and O–H groups in total. The third-order valence-corrected chi connectivity index (χ3v) is 0.924. The number of carbonyl (C=O) groups excluding carboxylic acids is 1.